The fraction of sp³-hybridized carbons (Fsp3) is 0.250. The van der Waals surface area contributed by atoms with Crippen LogP contribution in [0.4, 0.5) is 0 Å². The quantitative estimate of drug-likeness (QED) is 0.707. The van der Waals surface area contributed by atoms with Gasteiger partial charge in [0.25, 0.3) is 0 Å². The van der Waals surface area contributed by atoms with Gasteiger partial charge in [-0.3, -0.25) is 0 Å². The van der Waals surface area contributed by atoms with Crippen LogP contribution in [-0.2, 0) is 6.42 Å². The van der Waals surface area contributed by atoms with Gasteiger partial charge in [0, 0.05) is 27.0 Å². The van der Waals surface area contributed by atoms with Crippen molar-refractivity contribution in [1.29, 1.82) is 0 Å². The Morgan fingerprint density at radius 3 is 2.84 bits per heavy atom. The summed E-state index contributed by atoms with van der Waals surface area (Å²) in [6.07, 6.45) is 1.12. The third kappa shape index (κ3) is 3.06. The molecular formula is C16H17NS2. The van der Waals surface area contributed by atoms with Crippen molar-refractivity contribution in [2.24, 2.45) is 0 Å². The molecular weight excluding hydrogens is 270 g/mol. The Balaban J connectivity index is 1.61. The first-order chi connectivity index (χ1) is 9.33. The molecule has 2 aromatic heterocycles. The van der Waals surface area contributed by atoms with Crippen molar-refractivity contribution in [1.82, 2.24) is 5.32 Å². The molecule has 1 aromatic carbocycles. The van der Waals surface area contributed by atoms with Gasteiger partial charge in [-0.1, -0.05) is 24.3 Å². The maximum Gasteiger partial charge on any atom is 0.0386 e. The van der Waals surface area contributed by atoms with E-state index in [0.717, 1.165) is 13.0 Å². The fourth-order valence-electron chi connectivity index (χ4n) is 2.18. The lowest BCUT2D eigenvalue weighted by atomic mass is 10.2. The molecule has 0 fully saturated rings. The first kappa shape index (κ1) is 12.9. The Morgan fingerprint density at radius 1 is 1.16 bits per heavy atom. The molecule has 0 saturated heterocycles. The van der Waals surface area contributed by atoms with Gasteiger partial charge in [-0.25, -0.2) is 0 Å². The molecule has 0 aliphatic rings. The summed E-state index contributed by atoms with van der Waals surface area (Å²) in [5, 5.41) is 7.11. The van der Waals surface area contributed by atoms with Crippen LogP contribution >= 0.6 is 22.7 Å². The second-order valence-electron chi connectivity index (χ2n) is 4.69. The highest BCUT2D eigenvalue weighted by Gasteiger charge is 2.08. The molecule has 1 atom stereocenters. The van der Waals surface area contributed by atoms with Crippen LogP contribution in [-0.4, -0.2) is 6.54 Å². The molecule has 1 N–H and O–H groups in total. The van der Waals surface area contributed by atoms with Crippen molar-refractivity contribution in [2.75, 3.05) is 6.54 Å². The number of fused-ring (bicyclic) bond motifs is 1. The maximum atomic E-state index is 3.62. The van der Waals surface area contributed by atoms with Gasteiger partial charge in [-0.05, 0) is 42.3 Å². The zero-order chi connectivity index (χ0) is 13.1. The second-order valence-corrected chi connectivity index (χ2v) is 6.84. The Kier molecular flexibility index (Phi) is 3.97. The van der Waals surface area contributed by atoms with Crippen LogP contribution in [0.5, 0.6) is 0 Å². The fourth-order valence-corrected chi connectivity index (χ4v) is 3.98. The third-order valence-corrected chi connectivity index (χ3v) is 5.51. The molecule has 0 spiro atoms. The topological polar surface area (TPSA) is 12.0 Å². The van der Waals surface area contributed by atoms with E-state index < -0.39 is 0 Å². The molecule has 0 radical (unpaired) electrons. The highest BCUT2D eigenvalue weighted by atomic mass is 32.1. The van der Waals surface area contributed by atoms with Crippen LogP contribution in [0.15, 0.2) is 47.8 Å². The number of nitrogens with one attached hydrogen (secondary N) is 1. The van der Waals surface area contributed by atoms with Gasteiger partial charge in [0.2, 0.25) is 0 Å². The highest BCUT2D eigenvalue weighted by Crippen LogP contribution is 2.29. The molecule has 0 bridgehead atoms. The molecule has 0 aliphatic heterocycles. The Morgan fingerprint density at radius 2 is 2.05 bits per heavy atom. The summed E-state index contributed by atoms with van der Waals surface area (Å²) >= 11 is 3.73. The summed E-state index contributed by atoms with van der Waals surface area (Å²) in [6, 6.07) is 15.7. The summed E-state index contributed by atoms with van der Waals surface area (Å²) in [5.41, 5.74) is 0. The molecule has 3 heteroatoms. The lowest BCUT2D eigenvalue weighted by Gasteiger charge is -2.11. The monoisotopic (exact) mass is 287 g/mol. The smallest absolute Gasteiger partial charge is 0.0386 e. The molecule has 0 aliphatic carbocycles. The summed E-state index contributed by atoms with van der Waals surface area (Å²) in [7, 11) is 0. The Labute approximate surface area is 121 Å². The van der Waals surface area contributed by atoms with Crippen LogP contribution in [0.1, 0.15) is 22.7 Å². The van der Waals surface area contributed by atoms with E-state index in [1.165, 1.54) is 19.8 Å². The lowest BCUT2D eigenvalue weighted by molar-refractivity contribution is 0.587. The van der Waals surface area contributed by atoms with Crippen molar-refractivity contribution in [2.45, 2.75) is 19.4 Å². The predicted octanol–water partition coefficient (Wildman–Crippen LogP) is 4.86. The van der Waals surface area contributed by atoms with Gasteiger partial charge < -0.3 is 5.32 Å². The van der Waals surface area contributed by atoms with E-state index in [4.69, 9.17) is 0 Å². The van der Waals surface area contributed by atoms with E-state index >= 15 is 0 Å². The molecule has 1 unspecified atom stereocenters. The van der Waals surface area contributed by atoms with Crippen molar-refractivity contribution in [3.05, 3.63) is 57.6 Å². The molecule has 3 aromatic rings. The van der Waals surface area contributed by atoms with Crippen LogP contribution in [0.25, 0.3) is 10.1 Å². The van der Waals surface area contributed by atoms with E-state index in [2.05, 4.69) is 60.1 Å². The summed E-state index contributed by atoms with van der Waals surface area (Å²) < 4.78 is 1.38. The van der Waals surface area contributed by atoms with Gasteiger partial charge in [0.05, 0.1) is 0 Å². The largest absolute Gasteiger partial charge is 0.309 e. The maximum absolute atomic E-state index is 3.62. The van der Waals surface area contributed by atoms with Crippen molar-refractivity contribution < 1.29 is 0 Å². The molecule has 0 amide bonds. The van der Waals surface area contributed by atoms with Gasteiger partial charge in [-0.15, -0.1) is 22.7 Å². The number of benzene rings is 1. The minimum Gasteiger partial charge on any atom is -0.309 e. The van der Waals surface area contributed by atoms with E-state index in [1.807, 2.05) is 22.7 Å². The summed E-state index contributed by atoms with van der Waals surface area (Å²) in [5.74, 6) is 0. The van der Waals surface area contributed by atoms with Crippen molar-refractivity contribution in [3.63, 3.8) is 0 Å². The molecule has 2 heterocycles. The van der Waals surface area contributed by atoms with Crippen LogP contribution < -0.4 is 5.32 Å². The standard InChI is InChI=1S/C16H17NS2/c1-12(17-9-8-14-6-4-10-18-14)16-11-13-5-2-3-7-15(13)19-16/h2-7,10-12,17H,8-9H2,1H3. The van der Waals surface area contributed by atoms with Crippen LogP contribution in [0.2, 0.25) is 0 Å². The molecule has 3 rings (SSSR count). The van der Waals surface area contributed by atoms with E-state index in [0.29, 0.717) is 6.04 Å². The minimum absolute atomic E-state index is 0.428. The number of thiophene rings is 2. The average molecular weight is 287 g/mol. The van der Waals surface area contributed by atoms with Crippen LogP contribution in [0, 0.1) is 0 Å². The Hall–Kier alpha value is -1.16. The van der Waals surface area contributed by atoms with E-state index in [1.54, 1.807) is 0 Å². The average Bonchev–Trinajstić information content (AvgIpc) is 3.07. The first-order valence-electron chi connectivity index (χ1n) is 6.57. The van der Waals surface area contributed by atoms with Crippen molar-refractivity contribution >= 4 is 32.8 Å². The number of rotatable bonds is 5. The van der Waals surface area contributed by atoms with E-state index in [9.17, 15) is 0 Å². The van der Waals surface area contributed by atoms with Crippen LogP contribution in [0.3, 0.4) is 0 Å². The lowest BCUT2D eigenvalue weighted by Crippen LogP contribution is -2.20. The molecule has 1 nitrogen and oxygen atoms in total. The SMILES string of the molecule is CC(NCCc1cccs1)c1cc2ccccc2s1. The second kappa shape index (κ2) is 5.87. The van der Waals surface area contributed by atoms with Gasteiger partial charge in [0.1, 0.15) is 0 Å². The number of hydrogen-bond donors (Lipinski definition) is 1. The molecule has 98 valence electrons. The van der Waals surface area contributed by atoms with E-state index in [-0.39, 0.29) is 0 Å². The zero-order valence-corrected chi connectivity index (χ0v) is 12.6. The normalized spacial score (nSPS) is 12.9. The highest BCUT2D eigenvalue weighted by molar-refractivity contribution is 7.19. The van der Waals surface area contributed by atoms with Gasteiger partial charge in [0.15, 0.2) is 0 Å². The number of hydrogen-bond acceptors (Lipinski definition) is 3. The predicted molar refractivity (Wildman–Crippen MR) is 86.3 cm³/mol. The Bertz CT molecular complexity index is 607. The molecule has 0 saturated carbocycles. The summed E-state index contributed by atoms with van der Waals surface area (Å²) in [4.78, 5) is 2.88. The van der Waals surface area contributed by atoms with Gasteiger partial charge in [-0.2, -0.15) is 0 Å². The molecule has 19 heavy (non-hydrogen) atoms. The third-order valence-electron chi connectivity index (χ3n) is 3.27. The van der Waals surface area contributed by atoms with Gasteiger partial charge >= 0.3 is 0 Å². The minimum atomic E-state index is 0.428. The zero-order valence-electron chi connectivity index (χ0n) is 10.9. The summed E-state index contributed by atoms with van der Waals surface area (Å²) in [6.45, 7) is 3.29. The first-order valence-corrected chi connectivity index (χ1v) is 8.27. The van der Waals surface area contributed by atoms with Crippen molar-refractivity contribution in [3.8, 4) is 0 Å².